The first-order valence-electron chi connectivity index (χ1n) is 4.99. The standard InChI is InChI=1S/C11H9N3O3/c1-2-17-11(16)9-4-3-8-10(15)7(5-12)6-13-14(8)9/h3-4,6,13H,2H2,1H3. The summed E-state index contributed by atoms with van der Waals surface area (Å²) >= 11 is 0. The number of nitrogens with one attached hydrogen (secondary N) is 1. The van der Waals surface area contributed by atoms with Gasteiger partial charge in [-0.3, -0.25) is 9.89 Å². The number of hydrogen-bond donors (Lipinski definition) is 1. The van der Waals surface area contributed by atoms with Gasteiger partial charge in [0, 0.05) is 6.20 Å². The van der Waals surface area contributed by atoms with Crippen LogP contribution in [-0.2, 0) is 4.74 Å². The summed E-state index contributed by atoms with van der Waals surface area (Å²) in [6, 6.07) is 4.73. The average molecular weight is 231 g/mol. The van der Waals surface area contributed by atoms with E-state index < -0.39 is 11.4 Å². The highest BCUT2D eigenvalue weighted by Gasteiger charge is 2.14. The Kier molecular flexibility index (Phi) is 2.66. The molecule has 0 aliphatic rings. The maximum Gasteiger partial charge on any atom is 0.356 e. The van der Waals surface area contributed by atoms with Crippen LogP contribution in [0.4, 0.5) is 0 Å². The van der Waals surface area contributed by atoms with E-state index in [1.54, 1.807) is 13.0 Å². The molecule has 0 radical (unpaired) electrons. The highest BCUT2D eigenvalue weighted by Crippen LogP contribution is 2.07. The minimum absolute atomic E-state index is 0.00556. The van der Waals surface area contributed by atoms with Crippen molar-refractivity contribution in [3.63, 3.8) is 0 Å². The van der Waals surface area contributed by atoms with Crippen LogP contribution in [0.25, 0.3) is 5.52 Å². The van der Waals surface area contributed by atoms with Crippen molar-refractivity contribution in [2.45, 2.75) is 6.92 Å². The molecule has 0 fully saturated rings. The van der Waals surface area contributed by atoms with Crippen molar-refractivity contribution >= 4 is 11.5 Å². The number of aromatic amines is 1. The van der Waals surface area contributed by atoms with Gasteiger partial charge >= 0.3 is 5.97 Å². The fourth-order valence-corrected chi connectivity index (χ4v) is 1.53. The first-order chi connectivity index (χ1) is 8.19. The Morgan fingerprint density at radius 1 is 1.59 bits per heavy atom. The van der Waals surface area contributed by atoms with E-state index in [0.717, 1.165) is 0 Å². The normalized spacial score (nSPS) is 10.1. The van der Waals surface area contributed by atoms with Crippen LogP contribution in [0.1, 0.15) is 23.0 Å². The zero-order valence-electron chi connectivity index (χ0n) is 9.06. The molecule has 0 spiro atoms. The molecule has 0 atom stereocenters. The number of H-pyrrole nitrogens is 1. The van der Waals surface area contributed by atoms with Crippen LogP contribution in [0, 0.1) is 11.3 Å². The third kappa shape index (κ3) is 1.67. The number of nitrogens with zero attached hydrogens (tertiary/aromatic N) is 2. The number of rotatable bonds is 2. The molecule has 0 amide bonds. The molecule has 0 saturated carbocycles. The summed E-state index contributed by atoms with van der Waals surface area (Å²) in [5, 5.41) is 11.4. The van der Waals surface area contributed by atoms with Crippen molar-refractivity contribution in [3.05, 3.63) is 39.8 Å². The predicted molar refractivity (Wildman–Crippen MR) is 58.7 cm³/mol. The lowest BCUT2D eigenvalue weighted by Gasteiger charge is -2.02. The van der Waals surface area contributed by atoms with E-state index in [4.69, 9.17) is 10.00 Å². The third-order valence-corrected chi connectivity index (χ3v) is 2.30. The molecule has 0 aliphatic carbocycles. The van der Waals surface area contributed by atoms with E-state index in [0.29, 0.717) is 0 Å². The maximum atomic E-state index is 11.7. The molecule has 6 nitrogen and oxygen atoms in total. The SMILES string of the molecule is CCOC(=O)c1ccc2c(=O)c(C#N)c[nH]n12. The number of esters is 1. The smallest absolute Gasteiger partial charge is 0.356 e. The topological polar surface area (TPSA) is 87.4 Å². The van der Waals surface area contributed by atoms with Crippen LogP contribution in [0.5, 0.6) is 0 Å². The highest BCUT2D eigenvalue weighted by molar-refractivity contribution is 5.89. The molecule has 0 aromatic carbocycles. The van der Waals surface area contributed by atoms with Crippen molar-refractivity contribution in [2.75, 3.05) is 6.61 Å². The van der Waals surface area contributed by atoms with Gasteiger partial charge in [-0.15, -0.1) is 0 Å². The number of aromatic nitrogens is 2. The van der Waals surface area contributed by atoms with Gasteiger partial charge in [-0.1, -0.05) is 0 Å². The van der Waals surface area contributed by atoms with Gasteiger partial charge in [-0.2, -0.15) is 5.26 Å². The predicted octanol–water partition coefficient (Wildman–Crippen LogP) is 0.676. The van der Waals surface area contributed by atoms with Gasteiger partial charge in [0.05, 0.1) is 6.61 Å². The summed E-state index contributed by atoms with van der Waals surface area (Å²) in [5.74, 6) is -0.521. The molecule has 2 aromatic rings. The van der Waals surface area contributed by atoms with Crippen molar-refractivity contribution in [1.29, 1.82) is 5.26 Å². The molecule has 86 valence electrons. The van der Waals surface area contributed by atoms with E-state index >= 15 is 0 Å². The summed E-state index contributed by atoms with van der Waals surface area (Å²) < 4.78 is 6.15. The lowest BCUT2D eigenvalue weighted by Crippen LogP contribution is -2.15. The van der Waals surface area contributed by atoms with Gasteiger partial charge < -0.3 is 4.74 Å². The van der Waals surface area contributed by atoms with Gasteiger partial charge in [0.25, 0.3) is 0 Å². The van der Waals surface area contributed by atoms with E-state index in [2.05, 4.69) is 5.10 Å². The average Bonchev–Trinajstić information content (AvgIpc) is 2.74. The zero-order valence-corrected chi connectivity index (χ0v) is 9.06. The number of fused-ring (bicyclic) bond motifs is 1. The van der Waals surface area contributed by atoms with Crippen molar-refractivity contribution < 1.29 is 9.53 Å². The maximum absolute atomic E-state index is 11.7. The Labute approximate surface area is 96.0 Å². The molecule has 2 aromatic heterocycles. The largest absolute Gasteiger partial charge is 0.461 e. The third-order valence-electron chi connectivity index (χ3n) is 2.30. The first-order valence-corrected chi connectivity index (χ1v) is 4.99. The second-order valence-corrected chi connectivity index (χ2v) is 3.29. The van der Waals surface area contributed by atoms with Crippen molar-refractivity contribution in [3.8, 4) is 6.07 Å². The monoisotopic (exact) mass is 231 g/mol. The molecule has 17 heavy (non-hydrogen) atoms. The molecular formula is C11H9N3O3. The minimum atomic E-state index is -0.521. The second kappa shape index (κ2) is 4.14. The van der Waals surface area contributed by atoms with Crippen LogP contribution in [0.15, 0.2) is 23.1 Å². The van der Waals surface area contributed by atoms with E-state index in [1.807, 2.05) is 0 Å². The summed E-state index contributed by atoms with van der Waals surface area (Å²) in [6.45, 7) is 1.96. The number of carbonyl (C=O) groups is 1. The Morgan fingerprint density at radius 3 is 3.00 bits per heavy atom. The number of ether oxygens (including phenoxy) is 1. The van der Waals surface area contributed by atoms with Crippen molar-refractivity contribution in [2.24, 2.45) is 0 Å². The lowest BCUT2D eigenvalue weighted by atomic mass is 10.3. The van der Waals surface area contributed by atoms with Crippen LogP contribution < -0.4 is 5.43 Å². The molecule has 0 unspecified atom stereocenters. The zero-order chi connectivity index (χ0) is 12.4. The van der Waals surface area contributed by atoms with E-state index in [9.17, 15) is 9.59 Å². The quantitative estimate of drug-likeness (QED) is 0.769. The first kappa shape index (κ1) is 11.0. The number of carbonyl (C=O) groups excluding carboxylic acids is 1. The Balaban J connectivity index is 2.65. The molecule has 1 N–H and O–H groups in total. The molecule has 2 heterocycles. The summed E-state index contributed by atoms with van der Waals surface area (Å²) in [5.41, 5.74) is 0.0587. The molecule has 0 bridgehead atoms. The Bertz CT molecular complexity index is 675. The van der Waals surface area contributed by atoms with Gasteiger partial charge in [-0.25, -0.2) is 9.31 Å². The highest BCUT2D eigenvalue weighted by atomic mass is 16.5. The number of nitriles is 1. The van der Waals surface area contributed by atoms with Gasteiger partial charge in [0.15, 0.2) is 0 Å². The Hall–Kier alpha value is -2.55. The number of hydrogen-bond acceptors (Lipinski definition) is 4. The van der Waals surface area contributed by atoms with Crippen molar-refractivity contribution in [1.82, 2.24) is 9.61 Å². The van der Waals surface area contributed by atoms with Gasteiger partial charge in [0.1, 0.15) is 22.8 Å². The van der Waals surface area contributed by atoms with E-state index in [1.165, 1.54) is 22.8 Å². The van der Waals surface area contributed by atoms with Crippen LogP contribution >= 0.6 is 0 Å². The van der Waals surface area contributed by atoms with Gasteiger partial charge in [-0.05, 0) is 19.1 Å². The molecule has 2 rings (SSSR count). The molecule has 6 heteroatoms. The van der Waals surface area contributed by atoms with Gasteiger partial charge in [0.2, 0.25) is 5.43 Å². The fourth-order valence-electron chi connectivity index (χ4n) is 1.53. The van der Waals surface area contributed by atoms with Crippen LogP contribution in [-0.4, -0.2) is 22.2 Å². The summed E-state index contributed by atoms with van der Waals surface area (Å²) in [6.07, 6.45) is 1.26. The molecular weight excluding hydrogens is 222 g/mol. The Morgan fingerprint density at radius 2 is 2.35 bits per heavy atom. The lowest BCUT2D eigenvalue weighted by molar-refractivity contribution is 0.0517. The summed E-state index contributed by atoms with van der Waals surface area (Å²) in [7, 11) is 0. The van der Waals surface area contributed by atoms with E-state index in [-0.39, 0.29) is 23.4 Å². The molecule has 0 saturated heterocycles. The van der Waals surface area contributed by atoms with Crippen LogP contribution in [0.2, 0.25) is 0 Å². The second-order valence-electron chi connectivity index (χ2n) is 3.29. The fraction of sp³-hybridized carbons (Fsp3) is 0.182. The minimum Gasteiger partial charge on any atom is -0.461 e. The van der Waals surface area contributed by atoms with Crippen LogP contribution in [0.3, 0.4) is 0 Å². The molecule has 0 aliphatic heterocycles. The summed E-state index contributed by atoms with van der Waals surface area (Å²) in [4.78, 5) is 23.3.